The van der Waals surface area contributed by atoms with Crippen LogP contribution in [0.1, 0.15) is 13.3 Å². The summed E-state index contributed by atoms with van der Waals surface area (Å²) < 4.78 is 0. The number of rotatable bonds is 5. The highest BCUT2D eigenvalue weighted by molar-refractivity contribution is 5.91. The summed E-state index contributed by atoms with van der Waals surface area (Å²) in [4.78, 5) is 14.5. The first-order valence-corrected chi connectivity index (χ1v) is 3.54. The van der Waals surface area contributed by atoms with E-state index in [2.05, 4.69) is 23.6 Å². The Labute approximate surface area is 67.2 Å². The second-order valence-corrected chi connectivity index (χ2v) is 2.34. The zero-order valence-electron chi connectivity index (χ0n) is 6.89. The normalized spacial score (nSPS) is 8.82. The number of carbonyl (C=O) groups is 1. The Morgan fingerprint density at radius 2 is 2.27 bits per heavy atom. The summed E-state index contributed by atoms with van der Waals surface area (Å²) in [6.45, 7) is 9.85. The summed E-state index contributed by atoms with van der Waals surface area (Å²) in [5.74, 6) is -0.0888. The average Bonchev–Trinajstić information content (AvgIpc) is 1.97. The summed E-state index contributed by atoms with van der Waals surface area (Å²) in [6, 6.07) is 0. The summed E-state index contributed by atoms with van der Waals surface area (Å²) in [7, 11) is 0. The number of nitrogens with one attached hydrogen (secondary N) is 1. The zero-order chi connectivity index (χ0) is 8.69. The van der Waals surface area contributed by atoms with Gasteiger partial charge in [0.2, 0.25) is 5.91 Å². The van der Waals surface area contributed by atoms with Crippen LogP contribution in [0.5, 0.6) is 0 Å². The molecule has 0 heterocycles. The van der Waals surface area contributed by atoms with Gasteiger partial charge in [0, 0.05) is 18.7 Å². The molecule has 1 N–H and O–H groups in total. The monoisotopic (exact) mass is 154 g/mol. The third-order valence-electron chi connectivity index (χ3n) is 1.17. The maximum Gasteiger partial charge on any atom is 0.246 e. The van der Waals surface area contributed by atoms with Crippen LogP contribution in [0, 0.1) is 0 Å². The highest BCUT2D eigenvalue weighted by atomic mass is 16.1. The van der Waals surface area contributed by atoms with Gasteiger partial charge in [-0.15, -0.1) is 0 Å². The van der Waals surface area contributed by atoms with Crippen molar-refractivity contribution >= 4 is 12.6 Å². The highest BCUT2D eigenvalue weighted by Crippen LogP contribution is 1.85. The quantitative estimate of drug-likeness (QED) is 0.354. The number of hydrogen-bond donors (Lipinski definition) is 1. The number of carbonyl (C=O) groups excluding carboxylic acids is 1. The van der Waals surface area contributed by atoms with Gasteiger partial charge in [0.05, 0.1) is 0 Å². The van der Waals surface area contributed by atoms with E-state index in [9.17, 15) is 4.79 Å². The molecule has 0 bridgehead atoms. The van der Waals surface area contributed by atoms with Crippen molar-refractivity contribution in [1.82, 2.24) is 5.32 Å². The molecule has 0 saturated heterocycles. The first kappa shape index (κ1) is 9.88. The number of hydrogen-bond acceptors (Lipinski definition) is 2. The molecule has 0 atom stereocenters. The molecule has 0 aromatic rings. The lowest BCUT2D eigenvalue weighted by molar-refractivity contribution is -0.117. The molecule has 0 aliphatic heterocycles. The van der Waals surface area contributed by atoms with E-state index in [0.29, 0.717) is 18.7 Å². The van der Waals surface area contributed by atoms with Gasteiger partial charge in [0.25, 0.3) is 0 Å². The van der Waals surface area contributed by atoms with Gasteiger partial charge < -0.3 is 10.3 Å². The molecular formula is C8H14N2O. The number of aliphatic imine (C=N–C) groups is 1. The molecule has 62 valence electrons. The lowest BCUT2D eigenvalue weighted by atomic mass is 10.3. The molecule has 0 saturated carbocycles. The van der Waals surface area contributed by atoms with Crippen LogP contribution in [-0.2, 0) is 4.79 Å². The highest BCUT2D eigenvalue weighted by Gasteiger charge is 1.97. The summed E-state index contributed by atoms with van der Waals surface area (Å²) in [5.41, 5.74) is 0.538. The molecule has 0 aliphatic rings. The summed E-state index contributed by atoms with van der Waals surface area (Å²) in [5, 5.41) is 2.69. The van der Waals surface area contributed by atoms with E-state index in [1.165, 1.54) is 0 Å². The van der Waals surface area contributed by atoms with E-state index < -0.39 is 0 Å². The zero-order valence-corrected chi connectivity index (χ0v) is 6.89. The SMILES string of the molecule is C=NCCCNC(=O)C(=C)C. The third-order valence-corrected chi connectivity index (χ3v) is 1.17. The van der Waals surface area contributed by atoms with E-state index in [1.54, 1.807) is 6.92 Å². The maximum atomic E-state index is 10.8. The Hall–Kier alpha value is -1.12. The fourth-order valence-corrected chi connectivity index (χ4v) is 0.544. The molecule has 3 nitrogen and oxygen atoms in total. The second kappa shape index (κ2) is 5.65. The first-order chi connectivity index (χ1) is 5.18. The predicted molar refractivity (Wildman–Crippen MR) is 46.9 cm³/mol. The van der Waals surface area contributed by atoms with Crippen molar-refractivity contribution in [2.45, 2.75) is 13.3 Å². The summed E-state index contributed by atoms with van der Waals surface area (Å²) in [6.07, 6.45) is 0.836. The van der Waals surface area contributed by atoms with Gasteiger partial charge in [-0.05, 0) is 20.1 Å². The van der Waals surface area contributed by atoms with Gasteiger partial charge in [-0.25, -0.2) is 0 Å². The van der Waals surface area contributed by atoms with E-state index in [0.717, 1.165) is 6.42 Å². The Morgan fingerprint density at radius 3 is 2.73 bits per heavy atom. The van der Waals surface area contributed by atoms with Gasteiger partial charge >= 0.3 is 0 Å². The van der Waals surface area contributed by atoms with Crippen molar-refractivity contribution in [2.75, 3.05) is 13.1 Å². The van der Waals surface area contributed by atoms with Gasteiger partial charge in [0.15, 0.2) is 0 Å². The molecule has 3 heteroatoms. The van der Waals surface area contributed by atoms with Crippen LogP contribution in [0.15, 0.2) is 17.1 Å². The summed E-state index contributed by atoms with van der Waals surface area (Å²) >= 11 is 0. The van der Waals surface area contributed by atoms with Gasteiger partial charge in [-0.3, -0.25) is 4.79 Å². The molecule has 0 unspecified atom stereocenters. The topological polar surface area (TPSA) is 41.5 Å². The van der Waals surface area contributed by atoms with Crippen LogP contribution in [0.25, 0.3) is 0 Å². The lowest BCUT2D eigenvalue weighted by Gasteiger charge is -2.01. The fourth-order valence-electron chi connectivity index (χ4n) is 0.544. The van der Waals surface area contributed by atoms with Crippen molar-refractivity contribution in [3.8, 4) is 0 Å². The van der Waals surface area contributed by atoms with Gasteiger partial charge in [-0.2, -0.15) is 0 Å². The Bertz CT molecular complexity index is 163. The maximum absolute atomic E-state index is 10.8. The predicted octanol–water partition coefficient (Wildman–Crippen LogP) is 0.769. The molecule has 0 radical (unpaired) electrons. The molecule has 0 aromatic carbocycles. The molecule has 0 spiro atoms. The fraction of sp³-hybridized carbons (Fsp3) is 0.500. The largest absolute Gasteiger partial charge is 0.352 e. The number of amides is 1. The van der Waals surface area contributed by atoms with Gasteiger partial charge in [0.1, 0.15) is 0 Å². The molecule has 0 rings (SSSR count). The Kier molecular flexibility index (Phi) is 5.07. The molecule has 1 amide bonds. The minimum atomic E-state index is -0.0888. The standard InChI is InChI=1S/C8H14N2O/c1-7(2)8(11)10-6-4-5-9-3/h1,3-6H2,2H3,(H,10,11). The van der Waals surface area contributed by atoms with E-state index in [4.69, 9.17) is 0 Å². The minimum absolute atomic E-state index is 0.0888. The van der Waals surface area contributed by atoms with Crippen LogP contribution < -0.4 is 5.32 Å². The van der Waals surface area contributed by atoms with Crippen molar-refractivity contribution in [3.05, 3.63) is 12.2 Å². The van der Waals surface area contributed by atoms with Gasteiger partial charge in [-0.1, -0.05) is 6.58 Å². The van der Waals surface area contributed by atoms with Crippen molar-refractivity contribution in [2.24, 2.45) is 4.99 Å². The third kappa shape index (κ3) is 5.33. The van der Waals surface area contributed by atoms with Crippen LogP contribution in [0.3, 0.4) is 0 Å². The second-order valence-electron chi connectivity index (χ2n) is 2.34. The van der Waals surface area contributed by atoms with Crippen LogP contribution in [0.4, 0.5) is 0 Å². The molecule has 0 aromatic heterocycles. The number of nitrogens with zero attached hydrogens (tertiary/aromatic N) is 1. The minimum Gasteiger partial charge on any atom is -0.352 e. The van der Waals surface area contributed by atoms with Crippen molar-refractivity contribution < 1.29 is 4.79 Å². The van der Waals surface area contributed by atoms with Crippen molar-refractivity contribution in [3.63, 3.8) is 0 Å². The van der Waals surface area contributed by atoms with Crippen molar-refractivity contribution in [1.29, 1.82) is 0 Å². The van der Waals surface area contributed by atoms with E-state index >= 15 is 0 Å². The van der Waals surface area contributed by atoms with Crippen LogP contribution in [0.2, 0.25) is 0 Å². The molecule has 0 fully saturated rings. The molecule has 0 aliphatic carbocycles. The van der Waals surface area contributed by atoms with E-state index in [-0.39, 0.29) is 5.91 Å². The van der Waals surface area contributed by atoms with Crippen LogP contribution >= 0.6 is 0 Å². The first-order valence-electron chi connectivity index (χ1n) is 3.54. The molecular weight excluding hydrogens is 140 g/mol. The van der Waals surface area contributed by atoms with Crippen LogP contribution in [-0.4, -0.2) is 25.7 Å². The Balaban J connectivity index is 3.31. The smallest absolute Gasteiger partial charge is 0.246 e. The molecule has 11 heavy (non-hydrogen) atoms. The Morgan fingerprint density at radius 1 is 1.64 bits per heavy atom. The average molecular weight is 154 g/mol. The lowest BCUT2D eigenvalue weighted by Crippen LogP contribution is -2.25. The van der Waals surface area contributed by atoms with E-state index in [1.807, 2.05) is 0 Å².